The van der Waals surface area contributed by atoms with Crippen molar-refractivity contribution in [2.75, 3.05) is 23.7 Å². The van der Waals surface area contributed by atoms with Gasteiger partial charge in [-0.2, -0.15) is 0 Å². The highest BCUT2D eigenvalue weighted by Crippen LogP contribution is 2.44. The van der Waals surface area contributed by atoms with Crippen molar-refractivity contribution in [3.63, 3.8) is 0 Å². The highest BCUT2D eigenvalue weighted by atomic mass is 32.2. The number of benzene rings is 1. The number of aromatic nitrogens is 4. The van der Waals surface area contributed by atoms with Crippen LogP contribution in [-0.2, 0) is 4.79 Å². The summed E-state index contributed by atoms with van der Waals surface area (Å²) in [5.74, 6) is 1.36. The number of piperidine rings is 1. The standard InChI is InChI=1S/C20H23N7O2S/c21-14-8-11(28)9-20(14)4-6-27(7-5-20)15-10-23-18(17(22)25-15)30-13-3-1-2-12-16(13)26-19(29)24-12/h1-3,10,14H,4-9,21H2,(H2,22,25)(H2,24,26,29)/t14-/m0/s1. The molecule has 2 fully saturated rings. The minimum atomic E-state index is -0.251. The van der Waals surface area contributed by atoms with Crippen LogP contribution in [0.3, 0.4) is 0 Å². The zero-order chi connectivity index (χ0) is 20.9. The second kappa shape index (κ2) is 7.13. The maximum atomic E-state index is 11.8. The average Bonchev–Trinajstić information content (AvgIpc) is 3.23. The second-order valence-electron chi connectivity index (χ2n) is 8.15. The average molecular weight is 426 g/mol. The normalized spacial score (nSPS) is 21.0. The molecule has 5 rings (SSSR count). The van der Waals surface area contributed by atoms with Gasteiger partial charge in [-0.15, -0.1) is 0 Å². The monoisotopic (exact) mass is 425 g/mol. The van der Waals surface area contributed by atoms with Crippen LogP contribution < -0.4 is 22.1 Å². The Morgan fingerprint density at radius 2 is 2.00 bits per heavy atom. The van der Waals surface area contributed by atoms with Gasteiger partial charge in [0.15, 0.2) is 5.82 Å². The van der Waals surface area contributed by atoms with Crippen LogP contribution in [0.5, 0.6) is 0 Å². The Balaban J connectivity index is 1.33. The molecule has 6 N–H and O–H groups in total. The van der Waals surface area contributed by atoms with Gasteiger partial charge in [-0.3, -0.25) is 4.79 Å². The van der Waals surface area contributed by atoms with Crippen molar-refractivity contribution in [2.24, 2.45) is 11.1 Å². The number of fused-ring (bicyclic) bond motifs is 1. The minimum Gasteiger partial charge on any atom is -0.381 e. The number of carbonyl (C=O) groups is 1. The summed E-state index contributed by atoms with van der Waals surface area (Å²) < 4.78 is 0. The Bertz CT molecular complexity index is 1180. The lowest BCUT2D eigenvalue weighted by Crippen LogP contribution is -2.47. The van der Waals surface area contributed by atoms with Crippen molar-refractivity contribution >= 4 is 40.2 Å². The number of imidazole rings is 1. The van der Waals surface area contributed by atoms with E-state index >= 15 is 0 Å². The van der Waals surface area contributed by atoms with Crippen LogP contribution in [0.25, 0.3) is 11.0 Å². The van der Waals surface area contributed by atoms with Crippen LogP contribution >= 0.6 is 11.8 Å². The van der Waals surface area contributed by atoms with Crippen LogP contribution in [0.15, 0.2) is 39.1 Å². The molecule has 0 amide bonds. The van der Waals surface area contributed by atoms with Crippen molar-refractivity contribution in [1.82, 2.24) is 19.9 Å². The third-order valence-corrected chi connectivity index (χ3v) is 7.41. The SMILES string of the molecule is Nc1nc(N2CCC3(CC2)CC(=O)C[C@@H]3N)cnc1Sc1cccc2[nH]c(=O)[nH]c12. The number of nitrogens with zero attached hydrogens (tertiary/aromatic N) is 3. The molecular formula is C20H23N7O2S. The Kier molecular flexibility index (Phi) is 4.55. The van der Waals surface area contributed by atoms with Crippen LogP contribution in [0.4, 0.5) is 11.6 Å². The number of nitrogens with one attached hydrogen (secondary N) is 2. The van der Waals surface area contributed by atoms with E-state index in [-0.39, 0.29) is 22.9 Å². The van der Waals surface area contributed by atoms with E-state index in [1.165, 1.54) is 11.8 Å². The Hall–Kier alpha value is -2.85. The summed E-state index contributed by atoms with van der Waals surface area (Å²) in [6.07, 6.45) is 4.58. The Labute approximate surface area is 176 Å². The lowest BCUT2D eigenvalue weighted by Gasteiger charge is -2.41. The van der Waals surface area contributed by atoms with Gasteiger partial charge in [-0.05, 0) is 30.4 Å². The molecule has 3 aromatic rings. The van der Waals surface area contributed by atoms with Gasteiger partial charge >= 0.3 is 5.69 Å². The molecule has 0 radical (unpaired) electrons. The number of rotatable bonds is 3. The molecule has 9 nitrogen and oxygen atoms in total. The van der Waals surface area contributed by atoms with E-state index in [0.717, 1.165) is 47.7 Å². The smallest absolute Gasteiger partial charge is 0.323 e. The summed E-state index contributed by atoms with van der Waals surface area (Å²) in [4.78, 5) is 41.1. The highest BCUT2D eigenvalue weighted by Gasteiger charge is 2.46. The molecule has 0 bridgehead atoms. The summed E-state index contributed by atoms with van der Waals surface area (Å²) in [6, 6.07) is 5.57. The molecule has 0 unspecified atom stereocenters. The fourth-order valence-corrected chi connectivity index (χ4v) is 5.49. The molecular weight excluding hydrogens is 402 g/mol. The molecule has 1 atom stereocenters. The van der Waals surface area contributed by atoms with Gasteiger partial charge in [0, 0.05) is 36.9 Å². The first-order valence-corrected chi connectivity index (χ1v) is 10.8. The molecule has 10 heteroatoms. The Morgan fingerprint density at radius 3 is 2.70 bits per heavy atom. The van der Waals surface area contributed by atoms with E-state index < -0.39 is 0 Å². The van der Waals surface area contributed by atoms with Crippen LogP contribution in [0.2, 0.25) is 0 Å². The van der Waals surface area contributed by atoms with Gasteiger partial charge in [0.25, 0.3) is 0 Å². The highest BCUT2D eigenvalue weighted by molar-refractivity contribution is 7.99. The van der Waals surface area contributed by atoms with E-state index in [4.69, 9.17) is 11.5 Å². The van der Waals surface area contributed by atoms with Crippen molar-refractivity contribution in [2.45, 2.75) is 41.6 Å². The molecule has 1 saturated carbocycles. The number of ketones is 1. The number of para-hydroxylation sites is 1. The number of hydrogen-bond donors (Lipinski definition) is 4. The second-order valence-corrected chi connectivity index (χ2v) is 9.18. The minimum absolute atomic E-state index is 0.0374. The van der Waals surface area contributed by atoms with Gasteiger partial charge in [0.2, 0.25) is 0 Å². The zero-order valence-corrected chi connectivity index (χ0v) is 17.2. The predicted molar refractivity (Wildman–Crippen MR) is 116 cm³/mol. The lowest BCUT2D eigenvalue weighted by atomic mass is 9.74. The number of Topliss-reactive ketones (excluding diaryl/α,β-unsaturated/α-hetero) is 1. The number of nitrogens with two attached hydrogens (primary N) is 2. The zero-order valence-electron chi connectivity index (χ0n) is 16.4. The summed E-state index contributed by atoms with van der Waals surface area (Å²) in [5.41, 5.74) is 13.6. The summed E-state index contributed by atoms with van der Waals surface area (Å²) >= 11 is 1.37. The first-order valence-electron chi connectivity index (χ1n) is 9.97. The summed E-state index contributed by atoms with van der Waals surface area (Å²) in [7, 11) is 0. The molecule has 1 aliphatic carbocycles. The Morgan fingerprint density at radius 1 is 1.20 bits per heavy atom. The maximum Gasteiger partial charge on any atom is 0.323 e. The fraction of sp³-hybridized carbons (Fsp3) is 0.400. The number of anilines is 2. The lowest BCUT2D eigenvalue weighted by molar-refractivity contribution is -0.118. The van der Waals surface area contributed by atoms with Crippen LogP contribution in [-0.4, -0.2) is 44.9 Å². The number of carbonyl (C=O) groups excluding carboxylic acids is 1. The number of H-pyrrole nitrogens is 2. The van der Waals surface area contributed by atoms with Gasteiger partial charge in [-0.1, -0.05) is 17.8 Å². The maximum absolute atomic E-state index is 11.8. The van der Waals surface area contributed by atoms with E-state index in [2.05, 4.69) is 24.8 Å². The van der Waals surface area contributed by atoms with Crippen molar-refractivity contribution in [1.29, 1.82) is 0 Å². The van der Waals surface area contributed by atoms with E-state index in [1.807, 2.05) is 18.2 Å². The molecule has 2 aliphatic rings. The van der Waals surface area contributed by atoms with Gasteiger partial charge in [0.05, 0.1) is 17.2 Å². The predicted octanol–water partition coefficient (Wildman–Crippen LogP) is 1.66. The topological polar surface area (TPSA) is 147 Å². The number of aromatic amines is 2. The molecule has 30 heavy (non-hydrogen) atoms. The molecule has 1 spiro atoms. The first kappa shape index (κ1) is 19.1. The number of nitrogen functional groups attached to an aromatic ring is 1. The summed E-state index contributed by atoms with van der Waals surface area (Å²) in [6.45, 7) is 1.57. The van der Waals surface area contributed by atoms with E-state index in [9.17, 15) is 9.59 Å². The molecule has 1 aliphatic heterocycles. The molecule has 1 aromatic carbocycles. The molecule has 1 saturated heterocycles. The third kappa shape index (κ3) is 3.25. The summed E-state index contributed by atoms with van der Waals surface area (Å²) in [5, 5.41) is 0.588. The molecule has 156 valence electrons. The van der Waals surface area contributed by atoms with Crippen LogP contribution in [0, 0.1) is 5.41 Å². The molecule has 3 heterocycles. The van der Waals surface area contributed by atoms with Gasteiger partial charge in [0.1, 0.15) is 16.6 Å². The van der Waals surface area contributed by atoms with Crippen molar-refractivity contribution < 1.29 is 4.79 Å². The van der Waals surface area contributed by atoms with Gasteiger partial charge in [-0.25, -0.2) is 14.8 Å². The van der Waals surface area contributed by atoms with Crippen molar-refractivity contribution in [3.8, 4) is 0 Å². The quantitative estimate of drug-likeness (QED) is 0.495. The third-order valence-electron chi connectivity index (χ3n) is 6.34. The van der Waals surface area contributed by atoms with Crippen LogP contribution in [0.1, 0.15) is 25.7 Å². The fourth-order valence-electron chi connectivity index (χ4n) is 4.62. The molecule has 2 aromatic heterocycles. The largest absolute Gasteiger partial charge is 0.381 e. The van der Waals surface area contributed by atoms with E-state index in [0.29, 0.717) is 23.7 Å². The van der Waals surface area contributed by atoms with E-state index in [1.54, 1.807) is 6.20 Å². The first-order chi connectivity index (χ1) is 14.4. The van der Waals surface area contributed by atoms with Gasteiger partial charge < -0.3 is 26.3 Å². The number of hydrogen-bond acceptors (Lipinski definition) is 8. The van der Waals surface area contributed by atoms with Crippen molar-refractivity contribution in [3.05, 3.63) is 34.9 Å².